The number of nitrogens with one attached hydrogen (secondary N) is 2. The molecular weight excluding hydrogens is 268 g/mol. The monoisotopic (exact) mass is 290 g/mol. The van der Waals surface area contributed by atoms with Gasteiger partial charge in [0.15, 0.2) is 0 Å². The van der Waals surface area contributed by atoms with Crippen molar-refractivity contribution in [1.29, 1.82) is 0 Å². The first-order chi connectivity index (χ1) is 9.98. The highest BCUT2D eigenvalue weighted by molar-refractivity contribution is 5.97. The standard InChI is InChI=1S/C16H22N2O3/c1-3-16(2,15(20)21)10-18-14(19)12-6-4-8-13-11(12)7-5-9-17-13/h4,6,8,17H,3,5,7,9-10H2,1-2H3,(H,18,19)(H,20,21). The highest BCUT2D eigenvalue weighted by Gasteiger charge is 2.31. The summed E-state index contributed by atoms with van der Waals surface area (Å²) in [5.74, 6) is -1.08. The van der Waals surface area contributed by atoms with Gasteiger partial charge in [0.05, 0.1) is 5.41 Å². The topological polar surface area (TPSA) is 78.4 Å². The Morgan fingerprint density at radius 1 is 1.43 bits per heavy atom. The molecule has 1 aromatic carbocycles. The quantitative estimate of drug-likeness (QED) is 0.777. The third-order valence-corrected chi connectivity index (χ3v) is 4.28. The highest BCUT2D eigenvalue weighted by atomic mass is 16.4. The molecule has 0 bridgehead atoms. The van der Waals surface area contributed by atoms with Gasteiger partial charge in [-0.05, 0) is 43.9 Å². The molecule has 1 unspecified atom stereocenters. The van der Waals surface area contributed by atoms with E-state index in [-0.39, 0.29) is 12.5 Å². The summed E-state index contributed by atoms with van der Waals surface area (Å²) in [4.78, 5) is 23.6. The SMILES string of the molecule is CCC(C)(CNC(=O)c1cccc2c1CCCN2)C(=O)O. The van der Waals surface area contributed by atoms with Gasteiger partial charge in [0.1, 0.15) is 0 Å². The average molecular weight is 290 g/mol. The van der Waals surface area contributed by atoms with Crippen molar-refractivity contribution in [3.05, 3.63) is 29.3 Å². The van der Waals surface area contributed by atoms with Crippen LogP contribution in [0.2, 0.25) is 0 Å². The fourth-order valence-corrected chi connectivity index (χ4v) is 2.45. The maximum Gasteiger partial charge on any atom is 0.311 e. The summed E-state index contributed by atoms with van der Waals surface area (Å²) in [7, 11) is 0. The second kappa shape index (κ2) is 6.16. The number of carbonyl (C=O) groups excluding carboxylic acids is 1. The minimum absolute atomic E-state index is 0.134. The van der Waals surface area contributed by atoms with Crippen molar-refractivity contribution in [2.24, 2.45) is 5.41 Å². The van der Waals surface area contributed by atoms with Gasteiger partial charge < -0.3 is 15.7 Å². The molecule has 2 rings (SSSR count). The lowest BCUT2D eigenvalue weighted by Gasteiger charge is -2.24. The van der Waals surface area contributed by atoms with Crippen molar-refractivity contribution in [1.82, 2.24) is 5.32 Å². The van der Waals surface area contributed by atoms with Crippen LogP contribution in [0.1, 0.15) is 42.6 Å². The molecular formula is C16H22N2O3. The van der Waals surface area contributed by atoms with Crippen molar-refractivity contribution < 1.29 is 14.7 Å². The Kier molecular flexibility index (Phi) is 4.50. The van der Waals surface area contributed by atoms with Crippen LogP contribution >= 0.6 is 0 Å². The van der Waals surface area contributed by atoms with Crippen LogP contribution in [0.5, 0.6) is 0 Å². The number of hydrogen-bond donors (Lipinski definition) is 3. The normalized spacial score (nSPS) is 16.3. The number of anilines is 1. The maximum absolute atomic E-state index is 12.4. The molecule has 5 nitrogen and oxygen atoms in total. The summed E-state index contributed by atoms with van der Waals surface area (Å²) in [6, 6.07) is 5.62. The van der Waals surface area contributed by atoms with Gasteiger partial charge in [0.2, 0.25) is 0 Å². The molecule has 1 amide bonds. The molecule has 0 saturated heterocycles. The lowest BCUT2D eigenvalue weighted by molar-refractivity contribution is -0.147. The molecule has 0 fully saturated rings. The van der Waals surface area contributed by atoms with E-state index in [1.165, 1.54) is 0 Å². The number of fused-ring (bicyclic) bond motifs is 1. The van der Waals surface area contributed by atoms with E-state index in [1.807, 2.05) is 19.1 Å². The highest BCUT2D eigenvalue weighted by Crippen LogP contribution is 2.26. The summed E-state index contributed by atoms with van der Waals surface area (Å²) in [6.45, 7) is 4.52. The molecule has 3 N–H and O–H groups in total. The van der Waals surface area contributed by atoms with Gasteiger partial charge in [0.25, 0.3) is 5.91 Å². The zero-order valence-corrected chi connectivity index (χ0v) is 12.5. The molecule has 21 heavy (non-hydrogen) atoms. The number of rotatable bonds is 5. The van der Waals surface area contributed by atoms with Gasteiger partial charge in [-0.25, -0.2) is 0 Å². The minimum Gasteiger partial charge on any atom is -0.481 e. The van der Waals surface area contributed by atoms with Crippen LogP contribution in [0.3, 0.4) is 0 Å². The van der Waals surface area contributed by atoms with E-state index >= 15 is 0 Å². The third-order valence-electron chi connectivity index (χ3n) is 4.28. The predicted octanol–water partition coefficient (Wildman–Crippen LogP) is 2.28. The van der Waals surface area contributed by atoms with Crippen LogP contribution < -0.4 is 10.6 Å². The van der Waals surface area contributed by atoms with Crippen molar-refractivity contribution in [3.8, 4) is 0 Å². The van der Waals surface area contributed by atoms with Crippen LogP contribution in [0, 0.1) is 5.41 Å². The number of carboxylic acids is 1. The summed E-state index contributed by atoms with van der Waals surface area (Å²) < 4.78 is 0. The molecule has 1 heterocycles. The Bertz CT molecular complexity index is 556. The first-order valence-electron chi connectivity index (χ1n) is 7.35. The van der Waals surface area contributed by atoms with Gasteiger partial charge in [-0.2, -0.15) is 0 Å². The van der Waals surface area contributed by atoms with E-state index in [4.69, 9.17) is 0 Å². The summed E-state index contributed by atoms with van der Waals surface area (Å²) in [5, 5.41) is 15.3. The van der Waals surface area contributed by atoms with E-state index in [9.17, 15) is 14.7 Å². The van der Waals surface area contributed by atoms with Crippen LogP contribution in [0.4, 0.5) is 5.69 Å². The number of hydrogen-bond acceptors (Lipinski definition) is 3. The van der Waals surface area contributed by atoms with Crippen LogP contribution in [0.25, 0.3) is 0 Å². The van der Waals surface area contributed by atoms with Gasteiger partial charge in [-0.3, -0.25) is 9.59 Å². The second-order valence-corrected chi connectivity index (χ2v) is 5.76. The Morgan fingerprint density at radius 3 is 2.86 bits per heavy atom. The predicted molar refractivity (Wildman–Crippen MR) is 81.6 cm³/mol. The molecule has 0 saturated carbocycles. The number of aliphatic carboxylic acids is 1. The summed E-state index contributed by atoms with van der Waals surface area (Å²) >= 11 is 0. The number of amides is 1. The molecule has 1 aliphatic heterocycles. The van der Waals surface area contributed by atoms with Gasteiger partial charge >= 0.3 is 5.97 Å². The van der Waals surface area contributed by atoms with E-state index in [0.29, 0.717) is 12.0 Å². The lowest BCUT2D eigenvalue weighted by Crippen LogP contribution is -2.41. The minimum atomic E-state index is -0.928. The molecule has 114 valence electrons. The number of carboxylic acid groups (broad SMARTS) is 1. The van der Waals surface area contributed by atoms with Crippen LogP contribution in [-0.4, -0.2) is 30.1 Å². The fraction of sp³-hybridized carbons (Fsp3) is 0.500. The van der Waals surface area contributed by atoms with Crippen molar-refractivity contribution in [2.45, 2.75) is 33.1 Å². The molecule has 0 radical (unpaired) electrons. The first kappa shape index (κ1) is 15.4. The third kappa shape index (κ3) is 3.17. The largest absolute Gasteiger partial charge is 0.481 e. The Balaban J connectivity index is 2.13. The Hall–Kier alpha value is -2.04. The molecule has 0 spiro atoms. The van der Waals surface area contributed by atoms with E-state index in [0.717, 1.165) is 30.6 Å². The number of carbonyl (C=O) groups is 2. The molecule has 0 aliphatic carbocycles. The first-order valence-corrected chi connectivity index (χ1v) is 7.35. The van der Waals surface area contributed by atoms with Gasteiger partial charge in [-0.1, -0.05) is 13.0 Å². The van der Waals surface area contributed by atoms with Crippen molar-refractivity contribution in [2.75, 3.05) is 18.4 Å². The Morgan fingerprint density at radius 2 is 2.19 bits per heavy atom. The summed E-state index contributed by atoms with van der Waals surface area (Å²) in [5.41, 5.74) is 1.74. The van der Waals surface area contributed by atoms with Crippen molar-refractivity contribution >= 4 is 17.6 Å². The van der Waals surface area contributed by atoms with E-state index in [2.05, 4.69) is 10.6 Å². The maximum atomic E-state index is 12.4. The van der Waals surface area contributed by atoms with Crippen LogP contribution in [-0.2, 0) is 11.2 Å². The number of benzene rings is 1. The average Bonchev–Trinajstić information content (AvgIpc) is 2.51. The zero-order valence-electron chi connectivity index (χ0n) is 12.5. The smallest absolute Gasteiger partial charge is 0.311 e. The van der Waals surface area contributed by atoms with E-state index in [1.54, 1.807) is 13.0 Å². The van der Waals surface area contributed by atoms with E-state index < -0.39 is 11.4 Å². The van der Waals surface area contributed by atoms with Crippen LogP contribution in [0.15, 0.2) is 18.2 Å². The second-order valence-electron chi connectivity index (χ2n) is 5.76. The Labute approximate surface area is 124 Å². The summed E-state index contributed by atoms with van der Waals surface area (Å²) in [6.07, 6.45) is 2.34. The lowest BCUT2D eigenvalue weighted by atomic mass is 9.87. The van der Waals surface area contributed by atoms with Gasteiger partial charge in [-0.15, -0.1) is 0 Å². The molecule has 0 aromatic heterocycles. The molecule has 1 aromatic rings. The molecule has 1 atom stereocenters. The molecule has 1 aliphatic rings. The van der Waals surface area contributed by atoms with Gasteiger partial charge in [0, 0.05) is 24.3 Å². The fourth-order valence-electron chi connectivity index (χ4n) is 2.45. The van der Waals surface area contributed by atoms with Crippen molar-refractivity contribution in [3.63, 3.8) is 0 Å². The zero-order chi connectivity index (χ0) is 15.5. The molecule has 5 heteroatoms.